The number of fused-ring (bicyclic) bond motifs is 1. The van der Waals surface area contributed by atoms with Crippen LogP contribution in [-0.4, -0.2) is 19.6 Å². The number of benzene rings is 2. The number of halogens is 2. The first-order valence-corrected chi connectivity index (χ1v) is 9.11. The van der Waals surface area contributed by atoms with Gasteiger partial charge in [-0.3, -0.25) is 14.3 Å². The molecule has 0 fully saturated rings. The number of hydrogen-bond acceptors (Lipinski definition) is 5. The number of para-hydroxylation sites is 1. The molecular formula is C22H12ClFN4O2. The molecule has 1 N–H and O–H groups in total. The first-order chi connectivity index (χ1) is 14.5. The van der Waals surface area contributed by atoms with E-state index in [-0.39, 0.29) is 38.8 Å². The third kappa shape index (κ3) is 3.41. The molecule has 2 aromatic carbocycles. The number of aliphatic hydroxyl groups is 1. The molecule has 0 radical (unpaired) electrons. The maximum Gasteiger partial charge on any atom is 0.266 e. The summed E-state index contributed by atoms with van der Waals surface area (Å²) in [6.45, 7) is 0. The van der Waals surface area contributed by atoms with Gasteiger partial charge in [0.05, 0.1) is 27.2 Å². The number of nitrogens with zero attached hydrogens (tertiary/aromatic N) is 4. The van der Waals surface area contributed by atoms with Crippen LogP contribution in [0.25, 0.3) is 28.4 Å². The lowest BCUT2D eigenvalue weighted by Crippen LogP contribution is -2.23. The van der Waals surface area contributed by atoms with Gasteiger partial charge >= 0.3 is 0 Å². The highest BCUT2D eigenvalue weighted by Gasteiger charge is 2.16. The Bertz CT molecular complexity index is 1420. The van der Waals surface area contributed by atoms with E-state index in [0.717, 1.165) is 6.07 Å². The lowest BCUT2D eigenvalue weighted by Gasteiger charge is -2.13. The quantitative estimate of drug-likeness (QED) is 0.494. The second-order valence-electron chi connectivity index (χ2n) is 6.26. The van der Waals surface area contributed by atoms with Crippen LogP contribution >= 0.6 is 11.6 Å². The van der Waals surface area contributed by atoms with Crippen LogP contribution in [0.1, 0.15) is 17.1 Å². The van der Waals surface area contributed by atoms with E-state index >= 15 is 0 Å². The van der Waals surface area contributed by atoms with E-state index in [1.165, 1.54) is 35.0 Å². The molecule has 146 valence electrons. The van der Waals surface area contributed by atoms with E-state index in [1.54, 1.807) is 30.3 Å². The molecule has 0 saturated heterocycles. The van der Waals surface area contributed by atoms with Gasteiger partial charge in [-0.15, -0.1) is 0 Å². The van der Waals surface area contributed by atoms with E-state index in [1.807, 2.05) is 6.07 Å². The molecule has 0 bridgehead atoms. The van der Waals surface area contributed by atoms with Crippen molar-refractivity contribution in [2.75, 3.05) is 0 Å². The molecule has 2 aromatic heterocycles. The first kappa shape index (κ1) is 19.3. The Morgan fingerprint density at radius 1 is 1.20 bits per heavy atom. The standard InChI is InChI=1S/C22H12ClFN4O2/c23-16-5-1-2-6-18(16)28-20(11-19(29)21-13(12-25)4-3-9-26-21)27-17-8-7-14(24)10-15(17)22(28)30/h1-11,29H/b19-11-. The van der Waals surface area contributed by atoms with Crippen molar-refractivity contribution in [2.24, 2.45) is 0 Å². The normalized spacial score (nSPS) is 11.4. The Hall–Kier alpha value is -4.02. The topological polar surface area (TPSA) is 91.8 Å². The predicted molar refractivity (Wildman–Crippen MR) is 112 cm³/mol. The molecule has 0 atom stereocenters. The lowest BCUT2D eigenvalue weighted by molar-refractivity contribution is 0.511. The van der Waals surface area contributed by atoms with Crippen LogP contribution in [0.3, 0.4) is 0 Å². The Labute approximate surface area is 174 Å². The number of aliphatic hydroxyl groups excluding tert-OH is 1. The number of pyridine rings is 1. The number of rotatable bonds is 3. The highest BCUT2D eigenvalue weighted by molar-refractivity contribution is 6.32. The Morgan fingerprint density at radius 3 is 2.77 bits per heavy atom. The molecule has 0 saturated carbocycles. The van der Waals surface area contributed by atoms with Crippen LogP contribution in [0, 0.1) is 17.1 Å². The van der Waals surface area contributed by atoms with Gasteiger partial charge in [0.1, 0.15) is 29.2 Å². The molecule has 0 aliphatic rings. The highest BCUT2D eigenvalue weighted by Crippen LogP contribution is 2.23. The van der Waals surface area contributed by atoms with Gasteiger partial charge in [0.15, 0.2) is 0 Å². The van der Waals surface area contributed by atoms with Gasteiger partial charge in [-0.25, -0.2) is 9.37 Å². The molecule has 30 heavy (non-hydrogen) atoms. The molecule has 4 aromatic rings. The van der Waals surface area contributed by atoms with Crippen LogP contribution < -0.4 is 5.56 Å². The first-order valence-electron chi connectivity index (χ1n) is 8.73. The Morgan fingerprint density at radius 2 is 2.00 bits per heavy atom. The zero-order chi connectivity index (χ0) is 21.3. The molecular weight excluding hydrogens is 407 g/mol. The second kappa shape index (κ2) is 7.78. The lowest BCUT2D eigenvalue weighted by atomic mass is 10.1. The van der Waals surface area contributed by atoms with Gasteiger partial charge in [-0.05, 0) is 42.5 Å². The van der Waals surface area contributed by atoms with Crippen molar-refractivity contribution in [2.45, 2.75) is 0 Å². The van der Waals surface area contributed by atoms with E-state index < -0.39 is 11.4 Å². The molecule has 0 aliphatic heterocycles. The number of aromatic nitrogens is 3. The minimum atomic E-state index is -0.578. The zero-order valence-corrected chi connectivity index (χ0v) is 16.0. The van der Waals surface area contributed by atoms with Crippen molar-refractivity contribution in [3.63, 3.8) is 0 Å². The Kier molecular flexibility index (Phi) is 5.00. The number of hydrogen-bond donors (Lipinski definition) is 1. The third-order valence-corrected chi connectivity index (χ3v) is 4.71. The smallest absolute Gasteiger partial charge is 0.266 e. The molecule has 0 amide bonds. The summed E-state index contributed by atoms with van der Waals surface area (Å²) >= 11 is 6.29. The highest BCUT2D eigenvalue weighted by atomic mass is 35.5. The van der Waals surface area contributed by atoms with E-state index in [0.29, 0.717) is 5.69 Å². The summed E-state index contributed by atoms with van der Waals surface area (Å²) in [5, 5.41) is 20.2. The van der Waals surface area contributed by atoms with Gasteiger partial charge in [0, 0.05) is 12.3 Å². The fraction of sp³-hybridized carbons (Fsp3) is 0. The summed E-state index contributed by atoms with van der Waals surface area (Å²) in [6.07, 6.45) is 2.65. The van der Waals surface area contributed by atoms with E-state index in [4.69, 9.17) is 11.6 Å². The van der Waals surface area contributed by atoms with E-state index in [2.05, 4.69) is 9.97 Å². The predicted octanol–water partition coefficient (Wildman–Crippen LogP) is 4.50. The van der Waals surface area contributed by atoms with Gasteiger partial charge in [-0.2, -0.15) is 5.26 Å². The van der Waals surface area contributed by atoms with Crippen molar-refractivity contribution in [3.05, 3.63) is 99.1 Å². The van der Waals surface area contributed by atoms with Crippen molar-refractivity contribution >= 4 is 34.3 Å². The average molecular weight is 419 g/mol. The van der Waals surface area contributed by atoms with Crippen LogP contribution in [0.15, 0.2) is 65.6 Å². The minimum absolute atomic E-state index is 0.0409. The molecule has 0 unspecified atom stereocenters. The van der Waals surface area contributed by atoms with Crippen LogP contribution in [0.5, 0.6) is 0 Å². The van der Waals surface area contributed by atoms with E-state index in [9.17, 15) is 19.6 Å². The second-order valence-corrected chi connectivity index (χ2v) is 6.67. The molecule has 0 spiro atoms. The van der Waals surface area contributed by atoms with Gasteiger partial charge in [0.2, 0.25) is 0 Å². The van der Waals surface area contributed by atoms with Gasteiger partial charge < -0.3 is 5.11 Å². The monoisotopic (exact) mass is 418 g/mol. The average Bonchev–Trinajstić information content (AvgIpc) is 2.75. The van der Waals surface area contributed by atoms with Gasteiger partial charge in [0.25, 0.3) is 5.56 Å². The largest absolute Gasteiger partial charge is 0.505 e. The fourth-order valence-electron chi connectivity index (χ4n) is 3.03. The zero-order valence-electron chi connectivity index (χ0n) is 15.3. The molecule has 4 rings (SSSR count). The fourth-order valence-corrected chi connectivity index (χ4v) is 3.25. The summed E-state index contributed by atoms with van der Waals surface area (Å²) in [5.74, 6) is -0.897. The SMILES string of the molecule is N#Cc1cccnc1/C(O)=C/c1nc2ccc(F)cc2c(=O)n1-c1ccccc1Cl. The van der Waals surface area contributed by atoms with Crippen molar-refractivity contribution < 1.29 is 9.50 Å². The molecule has 6 nitrogen and oxygen atoms in total. The minimum Gasteiger partial charge on any atom is -0.505 e. The summed E-state index contributed by atoms with van der Waals surface area (Å²) in [5.41, 5.74) is 0.182. The van der Waals surface area contributed by atoms with Crippen molar-refractivity contribution in [1.82, 2.24) is 14.5 Å². The maximum atomic E-state index is 13.8. The molecule has 2 heterocycles. The van der Waals surface area contributed by atoms with Crippen molar-refractivity contribution in [1.29, 1.82) is 5.26 Å². The summed E-state index contributed by atoms with van der Waals surface area (Å²) < 4.78 is 14.9. The van der Waals surface area contributed by atoms with Crippen molar-refractivity contribution in [3.8, 4) is 11.8 Å². The Balaban J connectivity index is 2.05. The summed E-state index contributed by atoms with van der Waals surface area (Å²) in [4.78, 5) is 21.7. The van der Waals surface area contributed by atoms with Crippen LogP contribution in [0.2, 0.25) is 5.02 Å². The van der Waals surface area contributed by atoms with Crippen LogP contribution in [-0.2, 0) is 0 Å². The third-order valence-electron chi connectivity index (χ3n) is 4.39. The van der Waals surface area contributed by atoms with Crippen LogP contribution in [0.4, 0.5) is 4.39 Å². The molecule has 0 aliphatic carbocycles. The summed E-state index contributed by atoms with van der Waals surface area (Å²) in [7, 11) is 0. The number of nitriles is 1. The maximum absolute atomic E-state index is 13.8. The molecule has 8 heteroatoms. The van der Waals surface area contributed by atoms with Gasteiger partial charge in [-0.1, -0.05) is 23.7 Å². The summed E-state index contributed by atoms with van der Waals surface area (Å²) in [6, 6.07) is 15.3.